The lowest BCUT2D eigenvalue weighted by atomic mass is 10.2. The number of amides is 2. The minimum Gasteiger partial charge on any atom is -0.485 e. The van der Waals surface area contributed by atoms with Crippen molar-refractivity contribution >= 4 is 23.2 Å². The van der Waals surface area contributed by atoms with Crippen LogP contribution in [0.4, 0.5) is 4.39 Å². The van der Waals surface area contributed by atoms with Crippen molar-refractivity contribution in [2.75, 3.05) is 32.8 Å². The number of benzene rings is 2. The summed E-state index contributed by atoms with van der Waals surface area (Å²) in [6.07, 6.45) is -0.643. The molecule has 5 rings (SSSR count). The number of piperazine rings is 1. The third kappa shape index (κ3) is 5.57. The number of nitrogens with one attached hydrogen (secondary N) is 1. The summed E-state index contributed by atoms with van der Waals surface area (Å²) in [6.45, 7) is 3.55. The van der Waals surface area contributed by atoms with Crippen LogP contribution in [-0.4, -0.2) is 70.7 Å². The second-order valence-electron chi connectivity index (χ2n) is 8.28. The van der Waals surface area contributed by atoms with Crippen LogP contribution < -0.4 is 14.8 Å². The Kier molecular flexibility index (Phi) is 6.87. The van der Waals surface area contributed by atoms with E-state index in [4.69, 9.17) is 9.47 Å². The summed E-state index contributed by atoms with van der Waals surface area (Å²) in [5, 5.41) is 11.9. The molecule has 3 aromatic rings. The maximum Gasteiger partial charge on any atom is 0.282 e. The van der Waals surface area contributed by atoms with Crippen molar-refractivity contribution in [3.63, 3.8) is 0 Å². The molecule has 1 saturated heterocycles. The highest BCUT2D eigenvalue weighted by Crippen LogP contribution is 2.31. The number of halogens is 1. The molecule has 1 aromatic heterocycles. The van der Waals surface area contributed by atoms with Crippen molar-refractivity contribution in [2.45, 2.75) is 19.2 Å². The van der Waals surface area contributed by atoms with Gasteiger partial charge in [0.1, 0.15) is 17.4 Å². The smallest absolute Gasteiger partial charge is 0.282 e. The third-order valence-electron chi connectivity index (χ3n) is 5.85. The van der Waals surface area contributed by atoms with Gasteiger partial charge in [0.25, 0.3) is 11.8 Å². The molecule has 2 aliphatic heterocycles. The lowest BCUT2D eigenvalue weighted by Crippen LogP contribution is -2.53. The van der Waals surface area contributed by atoms with Crippen LogP contribution in [0.2, 0.25) is 0 Å². The summed E-state index contributed by atoms with van der Waals surface area (Å²) in [5.41, 5.74) is 0.798. The molecule has 0 bridgehead atoms. The minimum absolute atomic E-state index is 0.0739. The van der Waals surface area contributed by atoms with Crippen LogP contribution in [0.5, 0.6) is 11.5 Å². The SMILES string of the molecule is O=C(NCc1ccc(F)cc1)c1nnc(CN2CCN(C(=O)C3COc4ccccc4O3)CC2)s1. The summed E-state index contributed by atoms with van der Waals surface area (Å²) in [6, 6.07) is 13.3. The lowest BCUT2D eigenvalue weighted by Gasteiger charge is -2.36. The second-order valence-corrected chi connectivity index (χ2v) is 9.34. The van der Waals surface area contributed by atoms with Gasteiger partial charge in [0.05, 0.1) is 6.54 Å². The van der Waals surface area contributed by atoms with E-state index in [0.29, 0.717) is 44.2 Å². The Morgan fingerprint density at radius 1 is 1.03 bits per heavy atom. The Hall–Kier alpha value is -3.57. The zero-order chi connectivity index (χ0) is 24.2. The largest absolute Gasteiger partial charge is 0.485 e. The molecule has 0 radical (unpaired) electrons. The van der Waals surface area contributed by atoms with Gasteiger partial charge in [-0.05, 0) is 29.8 Å². The molecule has 35 heavy (non-hydrogen) atoms. The quantitative estimate of drug-likeness (QED) is 0.557. The number of hydrogen-bond donors (Lipinski definition) is 1. The number of hydrogen-bond acceptors (Lipinski definition) is 8. The number of rotatable bonds is 6. The highest BCUT2D eigenvalue weighted by molar-refractivity contribution is 7.13. The average molecular weight is 498 g/mol. The number of fused-ring (bicyclic) bond motifs is 1. The molecule has 2 aliphatic rings. The summed E-state index contributed by atoms with van der Waals surface area (Å²) in [5.74, 6) is 0.535. The van der Waals surface area contributed by atoms with Crippen molar-refractivity contribution < 1.29 is 23.5 Å². The number of para-hydroxylation sites is 2. The predicted molar refractivity (Wildman–Crippen MR) is 126 cm³/mol. The molecule has 2 amide bonds. The van der Waals surface area contributed by atoms with Crippen molar-refractivity contribution in [3.8, 4) is 11.5 Å². The van der Waals surface area contributed by atoms with Crippen LogP contribution in [0.1, 0.15) is 20.4 Å². The van der Waals surface area contributed by atoms with Gasteiger partial charge in [0, 0.05) is 32.7 Å². The molecule has 1 fully saturated rings. The van der Waals surface area contributed by atoms with E-state index in [2.05, 4.69) is 20.4 Å². The molecule has 1 atom stereocenters. The van der Waals surface area contributed by atoms with Gasteiger partial charge in [-0.25, -0.2) is 4.39 Å². The van der Waals surface area contributed by atoms with E-state index < -0.39 is 6.10 Å². The highest BCUT2D eigenvalue weighted by Gasteiger charge is 2.32. The van der Waals surface area contributed by atoms with Gasteiger partial charge in [-0.1, -0.05) is 35.6 Å². The molecule has 2 aromatic carbocycles. The molecular formula is C24H24FN5O4S. The number of aromatic nitrogens is 2. The first-order chi connectivity index (χ1) is 17.0. The molecule has 182 valence electrons. The van der Waals surface area contributed by atoms with E-state index in [1.54, 1.807) is 23.1 Å². The Labute approximate surface area is 205 Å². The van der Waals surface area contributed by atoms with E-state index in [0.717, 1.165) is 10.6 Å². The molecule has 0 saturated carbocycles. The van der Waals surface area contributed by atoms with E-state index in [1.807, 2.05) is 18.2 Å². The highest BCUT2D eigenvalue weighted by atomic mass is 32.1. The Morgan fingerprint density at radius 2 is 1.77 bits per heavy atom. The number of carbonyl (C=O) groups excluding carboxylic acids is 2. The first kappa shape index (κ1) is 23.2. The molecule has 1 unspecified atom stereocenters. The van der Waals surface area contributed by atoms with Gasteiger partial charge in [0.2, 0.25) is 11.1 Å². The monoisotopic (exact) mass is 497 g/mol. The normalized spacial score (nSPS) is 17.7. The van der Waals surface area contributed by atoms with E-state index in [9.17, 15) is 14.0 Å². The third-order valence-corrected chi connectivity index (χ3v) is 6.76. The van der Waals surface area contributed by atoms with Crippen molar-refractivity contribution in [2.24, 2.45) is 0 Å². The number of ether oxygens (including phenoxy) is 2. The molecule has 1 N–H and O–H groups in total. The standard InChI is InChI=1S/C24H24FN5O4S/c25-17-7-5-16(6-8-17)13-26-22(31)23-28-27-21(35-23)14-29-9-11-30(12-10-29)24(32)20-15-33-18-3-1-2-4-19(18)34-20/h1-8,20H,9-15H2,(H,26,31). The van der Waals surface area contributed by atoms with Gasteiger partial charge in [-0.3, -0.25) is 14.5 Å². The fourth-order valence-electron chi connectivity index (χ4n) is 3.93. The zero-order valence-electron chi connectivity index (χ0n) is 18.9. The Bertz CT molecular complexity index is 1200. The first-order valence-corrected chi connectivity index (χ1v) is 12.1. The van der Waals surface area contributed by atoms with Crippen molar-refractivity contribution in [1.82, 2.24) is 25.3 Å². The molecule has 11 heteroatoms. The van der Waals surface area contributed by atoms with Crippen LogP contribution >= 0.6 is 11.3 Å². The molecule has 0 spiro atoms. The maximum atomic E-state index is 13.0. The first-order valence-electron chi connectivity index (χ1n) is 11.3. The Morgan fingerprint density at radius 3 is 2.54 bits per heavy atom. The summed E-state index contributed by atoms with van der Waals surface area (Å²) in [7, 11) is 0. The van der Waals surface area contributed by atoms with Crippen LogP contribution in [0.3, 0.4) is 0 Å². The van der Waals surface area contributed by atoms with Gasteiger partial charge in [-0.15, -0.1) is 10.2 Å². The van der Waals surface area contributed by atoms with Gasteiger partial charge >= 0.3 is 0 Å². The van der Waals surface area contributed by atoms with Gasteiger partial charge < -0.3 is 19.7 Å². The minimum atomic E-state index is -0.643. The van der Waals surface area contributed by atoms with Crippen molar-refractivity contribution in [3.05, 3.63) is 69.9 Å². The van der Waals surface area contributed by atoms with Crippen LogP contribution in [-0.2, 0) is 17.9 Å². The topological polar surface area (TPSA) is 96.9 Å². The van der Waals surface area contributed by atoms with Gasteiger partial charge in [-0.2, -0.15) is 0 Å². The molecule has 3 heterocycles. The van der Waals surface area contributed by atoms with Gasteiger partial charge in [0.15, 0.2) is 11.5 Å². The Balaban J connectivity index is 1.08. The van der Waals surface area contributed by atoms with Crippen LogP contribution in [0.25, 0.3) is 0 Å². The predicted octanol–water partition coefficient (Wildman–Crippen LogP) is 2.09. The maximum absolute atomic E-state index is 13.0. The fraction of sp³-hybridized carbons (Fsp3) is 0.333. The summed E-state index contributed by atoms with van der Waals surface area (Å²) >= 11 is 1.24. The number of nitrogens with zero attached hydrogens (tertiary/aromatic N) is 4. The summed E-state index contributed by atoms with van der Waals surface area (Å²) < 4.78 is 24.5. The van der Waals surface area contributed by atoms with E-state index in [-0.39, 0.29) is 35.8 Å². The summed E-state index contributed by atoms with van der Waals surface area (Å²) in [4.78, 5) is 29.3. The van der Waals surface area contributed by atoms with Crippen molar-refractivity contribution in [1.29, 1.82) is 0 Å². The van der Waals surface area contributed by atoms with E-state index >= 15 is 0 Å². The number of carbonyl (C=O) groups is 2. The zero-order valence-corrected chi connectivity index (χ0v) is 19.7. The average Bonchev–Trinajstić information content (AvgIpc) is 3.36. The molecular weight excluding hydrogens is 473 g/mol. The van der Waals surface area contributed by atoms with Crippen LogP contribution in [0.15, 0.2) is 48.5 Å². The second kappa shape index (κ2) is 10.4. The molecule has 9 nitrogen and oxygen atoms in total. The van der Waals surface area contributed by atoms with E-state index in [1.165, 1.54) is 23.5 Å². The molecule has 0 aliphatic carbocycles. The van der Waals surface area contributed by atoms with Crippen LogP contribution in [0, 0.1) is 5.82 Å². The lowest BCUT2D eigenvalue weighted by molar-refractivity contribution is -0.143. The fourth-order valence-corrected chi connectivity index (χ4v) is 4.73.